The summed E-state index contributed by atoms with van der Waals surface area (Å²) in [5.74, 6) is 0.940. The molecule has 0 aliphatic rings. The quantitative estimate of drug-likeness (QED) is 0.906. The normalized spacial score (nSPS) is 12.4. The second-order valence-corrected chi connectivity index (χ2v) is 6.32. The minimum absolute atomic E-state index is 0.323. The zero-order chi connectivity index (χ0) is 14.7. The number of hydrogen-bond acceptors (Lipinski definition) is 4. The SMILES string of the molecule is COc1ccc(CNC(C)c2sc(C)nc2C)cc1C. The summed E-state index contributed by atoms with van der Waals surface area (Å²) in [7, 11) is 1.71. The fourth-order valence-electron chi connectivity index (χ4n) is 2.36. The van der Waals surface area contributed by atoms with Crippen LogP contribution in [0.2, 0.25) is 0 Å². The van der Waals surface area contributed by atoms with E-state index in [1.165, 1.54) is 16.0 Å². The van der Waals surface area contributed by atoms with Gasteiger partial charge in [-0.25, -0.2) is 4.98 Å². The van der Waals surface area contributed by atoms with Gasteiger partial charge in [-0.05, 0) is 44.9 Å². The smallest absolute Gasteiger partial charge is 0.121 e. The number of thiazole rings is 1. The topological polar surface area (TPSA) is 34.1 Å². The Balaban J connectivity index is 2.01. The lowest BCUT2D eigenvalue weighted by molar-refractivity contribution is 0.411. The molecule has 20 heavy (non-hydrogen) atoms. The van der Waals surface area contributed by atoms with E-state index < -0.39 is 0 Å². The predicted molar refractivity (Wildman–Crippen MR) is 84.6 cm³/mol. The molecule has 0 saturated carbocycles. The summed E-state index contributed by atoms with van der Waals surface area (Å²) in [5, 5.41) is 4.69. The number of methoxy groups -OCH3 is 1. The molecule has 2 rings (SSSR count). The van der Waals surface area contributed by atoms with E-state index in [1.54, 1.807) is 18.4 Å². The molecule has 1 aromatic carbocycles. The minimum Gasteiger partial charge on any atom is -0.496 e. The molecule has 4 heteroatoms. The van der Waals surface area contributed by atoms with Crippen LogP contribution in [-0.4, -0.2) is 12.1 Å². The average molecular weight is 290 g/mol. The molecule has 0 spiro atoms. The van der Waals surface area contributed by atoms with E-state index in [4.69, 9.17) is 4.74 Å². The van der Waals surface area contributed by atoms with Gasteiger partial charge in [-0.2, -0.15) is 0 Å². The zero-order valence-electron chi connectivity index (χ0n) is 12.8. The van der Waals surface area contributed by atoms with Crippen molar-refractivity contribution in [2.24, 2.45) is 0 Å². The van der Waals surface area contributed by atoms with Crippen molar-refractivity contribution in [1.82, 2.24) is 10.3 Å². The molecule has 0 aliphatic carbocycles. The molecule has 0 radical (unpaired) electrons. The third kappa shape index (κ3) is 3.38. The van der Waals surface area contributed by atoms with Gasteiger partial charge >= 0.3 is 0 Å². The Hall–Kier alpha value is -1.39. The number of benzene rings is 1. The maximum Gasteiger partial charge on any atom is 0.121 e. The van der Waals surface area contributed by atoms with E-state index in [9.17, 15) is 0 Å². The highest BCUT2D eigenvalue weighted by molar-refractivity contribution is 7.11. The lowest BCUT2D eigenvalue weighted by Gasteiger charge is -2.14. The van der Waals surface area contributed by atoms with Gasteiger partial charge in [0.25, 0.3) is 0 Å². The largest absolute Gasteiger partial charge is 0.496 e. The maximum atomic E-state index is 5.29. The van der Waals surface area contributed by atoms with Crippen molar-refractivity contribution >= 4 is 11.3 Å². The molecule has 3 nitrogen and oxygen atoms in total. The van der Waals surface area contributed by atoms with Gasteiger partial charge in [0.1, 0.15) is 5.75 Å². The summed E-state index contributed by atoms with van der Waals surface area (Å²) in [6, 6.07) is 6.63. The van der Waals surface area contributed by atoms with Gasteiger partial charge in [-0.15, -0.1) is 11.3 Å². The van der Waals surface area contributed by atoms with Crippen molar-refractivity contribution in [3.63, 3.8) is 0 Å². The fourth-order valence-corrected chi connectivity index (χ4v) is 3.32. The maximum absolute atomic E-state index is 5.29. The first-order chi connectivity index (χ1) is 9.51. The second-order valence-electron chi connectivity index (χ2n) is 5.09. The van der Waals surface area contributed by atoms with Crippen LogP contribution in [0.15, 0.2) is 18.2 Å². The first-order valence-corrected chi connectivity index (χ1v) is 7.63. The standard InChI is InChI=1S/C16H22N2OS/c1-10-8-14(6-7-15(10)19-5)9-17-11(2)16-12(3)18-13(4)20-16/h6-8,11,17H,9H2,1-5H3. The molecule has 108 valence electrons. The van der Waals surface area contributed by atoms with Crippen LogP contribution >= 0.6 is 11.3 Å². The number of aryl methyl sites for hydroxylation is 3. The van der Waals surface area contributed by atoms with E-state index in [1.807, 2.05) is 6.07 Å². The van der Waals surface area contributed by atoms with Gasteiger partial charge in [0, 0.05) is 17.5 Å². The van der Waals surface area contributed by atoms with E-state index in [2.05, 4.69) is 50.1 Å². The third-order valence-corrected chi connectivity index (χ3v) is 4.66. The van der Waals surface area contributed by atoms with Gasteiger partial charge in [0.2, 0.25) is 0 Å². The van der Waals surface area contributed by atoms with Crippen molar-refractivity contribution in [2.75, 3.05) is 7.11 Å². The summed E-state index contributed by atoms with van der Waals surface area (Å²) < 4.78 is 5.29. The van der Waals surface area contributed by atoms with Crippen molar-refractivity contribution in [3.05, 3.63) is 44.9 Å². The Morgan fingerprint density at radius 1 is 1.30 bits per heavy atom. The van der Waals surface area contributed by atoms with Gasteiger partial charge in [0.15, 0.2) is 0 Å². The number of rotatable bonds is 5. The van der Waals surface area contributed by atoms with Gasteiger partial charge in [-0.3, -0.25) is 0 Å². The van der Waals surface area contributed by atoms with Crippen molar-refractivity contribution in [3.8, 4) is 5.75 Å². The van der Waals surface area contributed by atoms with Crippen LogP contribution in [0.4, 0.5) is 0 Å². The first-order valence-electron chi connectivity index (χ1n) is 6.82. The Bertz CT molecular complexity index is 592. The Labute approximate surface area is 125 Å². The highest BCUT2D eigenvalue weighted by atomic mass is 32.1. The number of nitrogens with one attached hydrogen (secondary N) is 1. The molecule has 2 aromatic rings. The molecule has 0 bridgehead atoms. The number of nitrogens with zero attached hydrogens (tertiary/aromatic N) is 1. The summed E-state index contributed by atoms with van der Waals surface area (Å²) in [6.07, 6.45) is 0. The summed E-state index contributed by atoms with van der Waals surface area (Å²) in [5.41, 5.74) is 3.58. The second kappa shape index (κ2) is 6.37. The summed E-state index contributed by atoms with van der Waals surface area (Å²) in [6.45, 7) is 9.25. The lowest BCUT2D eigenvalue weighted by atomic mass is 10.1. The third-order valence-electron chi connectivity index (χ3n) is 3.40. The molecule has 0 aliphatic heterocycles. The molecule has 1 unspecified atom stereocenters. The highest BCUT2D eigenvalue weighted by Crippen LogP contribution is 2.25. The Morgan fingerprint density at radius 3 is 2.60 bits per heavy atom. The van der Waals surface area contributed by atoms with Gasteiger partial charge in [0.05, 0.1) is 17.8 Å². The minimum atomic E-state index is 0.323. The molecule has 0 fully saturated rings. The Morgan fingerprint density at radius 2 is 2.05 bits per heavy atom. The lowest BCUT2D eigenvalue weighted by Crippen LogP contribution is -2.18. The number of hydrogen-bond donors (Lipinski definition) is 1. The number of aromatic nitrogens is 1. The monoisotopic (exact) mass is 290 g/mol. The molecule has 1 atom stereocenters. The molecule has 0 amide bonds. The van der Waals surface area contributed by atoms with Crippen LogP contribution in [0.3, 0.4) is 0 Å². The van der Waals surface area contributed by atoms with E-state index in [-0.39, 0.29) is 0 Å². The van der Waals surface area contributed by atoms with Crippen LogP contribution in [0.25, 0.3) is 0 Å². The van der Waals surface area contributed by atoms with Crippen molar-refractivity contribution in [2.45, 2.75) is 40.3 Å². The molecule has 1 aromatic heterocycles. The van der Waals surface area contributed by atoms with Crippen LogP contribution in [0.1, 0.15) is 39.7 Å². The first kappa shape index (κ1) is 15.0. The van der Waals surface area contributed by atoms with Gasteiger partial charge in [-0.1, -0.05) is 12.1 Å². The highest BCUT2D eigenvalue weighted by Gasteiger charge is 2.12. The van der Waals surface area contributed by atoms with Crippen molar-refractivity contribution in [1.29, 1.82) is 0 Å². The van der Waals surface area contributed by atoms with E-state index >= 15 is 0 Å². The summed E-state index contributed by atoms with van der Waals surface area (Å²) in [4.78, 5) is 5.81. The zero-order valence-corrected chi connectivity index (χ0v) is 13.6. The van der Waals surface area contributed by atoms with Crippen LogP contribution in [0.5, 0.6) is 5.75 Å². The fraction of sp³-hybridized carbons (Fsp3) is 0.438. The summed E-state index contributed by atoms with van der Waals surface area (Å²) >= 11 is 1.77. The molecule has 1 N–H and O–H groups in total. The van der Waals surface area contributed by atoms with Crippen LogP contribution in [0, 0.1) is 20.8 Å². The number of ether oxygens (including phenoxy) is 1. The molecule has 1 heterocycles. The van der Waals surface area contributed by atoms with E-state index in [0.29, 0.717) is 6.04 Å². The Kier molecular flexibility index (Phi) is 4.78. The van der Waals surface area contributed by atoms with E-state index in [0.717, 1.165) is 23.0 Å². The molecular formula is C16H22N2OS. The molecule has 0 saturated heterocycles. The van der Waals surface area contributed by atoms with Crippen LogP contribution < -0.4 is 10.1 Å². The van der Waals surface area contributed by atoms with Gasteiger partial charge < -0.3 is 10.1 Å². The average Bonchev–Trinajstić information content (AvgIpc) is 2.75. The molecular weight excluding hydrogens is 268 g/mol. The van der Waals surface area contributed by atoms with Crippen LogP contribution in [-0.2, 0) is 6.54 Å². The van der Waals surface area contributed by atoms with Crippen molar-refractivity contribution < 1.29 is 4.74 Å². The predicted octanol–water partition coefficient (Wildman–Crippen LogP) is 3.93.